The molecule has 0 aliphatic carbocycles. The van der Waals surface area contributed by atoms with Gasteiger partial charge in [0.25, 0.3) is 0 Å². The first kappa shape index (κ1) is 24.2. The Morgan fingerprint density at radius 2 is 1.83 bits per heavy atom. The number of halogens is 2. The number of amides is 1. The number of carbonyl (C=O) groups is 2. The number of rotatable bonds is 9. The maximum atomic E-state index is 12.2. The highest BCUT2D eigenvalue weighted by atomic mass is 79.9. The van der Waals surface area contributed by atoms with Crippen LogP contribution in [0.2, 0.25) is 5.02 Å². The van der Waals surface area contributed by atoms with Crippen LogP contribution in [0.1, 0.15) is 48.2 Å². The van der Waals surface area contributed by atoms with Crippen molar-refractivity contribution in [2.45, 2.75) is 40.5 Å². The van der Waals surface area contributed by atoms with Gasteiger partial charge in [-0.2, -0.15) is 0 Å². The summed E-state index contributed by atoms with van der Waals surface area (Å²) in [5.74, 6) is 0.522. The molecule has 5 nitrogen and oxygen atoms in total. The van der Waals surface area contributed by atoms with Gasteiger partial charge in [0.1, 0.15) is 5.75 Å². The van der Waals surface area contributed by atoms with E-state index in [1.165, 1.54) is 0 Å². The summed E-state index contributed by atoms with van der Waals surface area (Å²) in [4.78, 5) is 24.1. The number of carbonyl (C=O) groups excluding carboxylic acids is 2. The van der Waals surface area contributed by atoms with Crippen LogP contribution in [-0.2, 0) is 9.53 Å². The third kappa shape index (κ3) is 7.03. The van der Waals surface area contributed by atoms with Crippen molar-refractivity contribution in [2.75, 3.05) is 18.5 Å². The van der Waals surface area contributed by atoms with Gasteiger partial charge in [0.05, 0.1) is 23.2 Å². The van der Waals surface area contributed by atoms with E-state index in [-0.39, 0.29) is 17.8 Å². The van der Waals surface area contributed by atoms with E-state index in [0.29, 0.717) is 42.3 Å². The van der Waals surface area contributed by atoms with Crippen LogP contribution in [0, 0.1) is 19.8 Å². The average molecular weight is 497 g/mol. The molecular weight excluding hydrogens is 470 g/mol. The summed E-state index contributed by atoms with van der Waals surface area (Å²) in [7, 11) is 0. The zero-order chi connectivity index (χ0) is 22.3. The van der Waals surface area contributed by atoms with Crippen LogP contribution in [0.15, 0.2) is 34.8 Å². The molecule has 0 aromatic heterocycles. The van der Waals surface area contributed by atoms with Gasteiger partial charge in [0.2, 0.25) is 5.91 Å². The SMILES string of the molecule is Cc1cc(OCCCC(=O)Nc2ccc(C(=O)OCC(C)C)cc2)c(Br)c(C)c1Cl. The van der Waals surface area contributed by atoms with Crippen LogP contribution in [0.25, 0.3) is 0 Å². The largest absolute Gasteiger partial charge is 0.492 e. The van der Waals surface area contributed by atoms with Crippen LogP contribution in [-0.4, -0.2) is 25.1 Å². The zero-order valence-electron chi connectivity index (χ0n) is 17.7. The Morgan fingerprint density at radius 3 is 2.47 bits per heavy atom. The molecule has 0 bridgehead atoms. The van der Waals surface area contributed by atoms with Crippen molar-refractivity contribution in [1.29, 1.82) is 0 Å². The van der Waals surface area contributed by atoms with E-state index in [1.807, 2.05) is 33.8 Å². The molecule has 1 N–H and O–H groups in total. The average Bonchev–Trinajstić information content (AvgIpc) is 2.71. The van der Waals surface area contributed by atoms with E-state index in [9.17, 15) is 9.59 Å². The Morgan fingerprint density at radius 1 is 1.17 bits per heavy atom. The number of hydrogen-bond donors (Lipinski definition) is 1. The molecule has 0 fully saturated rings. The molecule has 162 valence electrons. The Labute approximate surface area is 191 Å². The van der Waals surface area contributed by atoms with Crippen molar-refractivity contribution in [3.8, 4) is 5.75 Å². The van der Waals surface area contributed by atoms with Gasteiger partial charge < -0.3 is 14.8 Å². The molecule has 7 heteroatoms. The van der Waals surface area contributed by atoms with E-state index >= 15 is 0 Å². The second-order valence-electron chi connectivity index (χ2n) is 7.51. The Kier molecular flexibility index (Phi) is 9.18. The summed E-state index contributed by atoms with van der Waals surface area (Å²) in [6, 6.07) is 8.55. The molecule has 0 aliphatic rings. The summed E-state index contributed by atoms with van der Waals surface area (Å²) in [5.41, 5.74) is 2.97. The number of aryl methyl sites for hydroxylation is 1. The Bertz CT molecular complexity index is 897. The zero-order valence-corrected chi connectivity index (χ0v) is 20.0. The van der Waals surface area contributed by atoms with E-state index in [1.54, 1.807) is 24.3 Å². The standard InChI is InChI=1S/C23H27BrClNO4/c1-14(2)13-30-23(28)17-7-9-18(10-8-17)26-20(27)6-5-11-29-19-12-15(3)22(25)16(4)21(19)24/h7-10,12,14H,5-6,11,13H2,1-4H3,(H,26,27). The van der Waals surface area contributed by atoms with E-state index in [4.69, 9.17) is 21.1 Å². The van der Waals surface area contributed by atoms with Crippen molar-refractivity contribution in [2.24, 2.45) is 5.92 Å². The van der Waals surface area contributed by atoms with Gasteiger partial charge in [-0.05, 0) is 83.6 Å². The van der Waals surface area contributed by atoms with Crippen molar-refractivity contribution in [3.63, 3.8) is 0 Å². The van der Waals surface area contributed by atoms with Crippen molar-refractivity contribution >= 4 is 45.1 Å². The molecule has 1 amide bonds. The van der Waals surface area contributed by atoms with Crippen molar-refractivity contribution < 1.29 is 19.1 Å². The quantitative estimate of drug-likeness (QED) is 0.325. The monoisotopic (exact) mass is 495 g/mol. The summed E-state index contributed by atoms with van der Waals surface area (Å²) < 4.78 is 11.8. The minimum atomic E-state index is -0.363. The number of nitrogens with one attached hydrogen (secondary N) is 1. The summed E-state index contributed by atoms with van der Waals surface area (Å²) >= 11 is 9.73. The second-order valence-corrected chi connectivity index (χ2v) is 8.69. The van der Waals surface area contributed by atoms with Crippen molar-refractivity contribution in [1.82, 2.24) is 0 Å². The number of anilines is 1. The molecule has 30 heavy (non-hydrogen) atoms. The van der Waals surface area contributed by atoms with Gasteiger partial charge >= 0.3 is 5.97 Å². The minimum absolute atomic E-state index is 0.115. The topological polar surface area (TPSA) is 64.6 Å². The highest BCUT2D eigenvalue weighted by Crippen LogP contribution is 2.35. The molecule has 0 saturated heterocycles. The summed E-state index contributed by atoms with van der Waals surface area (Å²) in [6.07, 6.45) is 0.889. The van der Waals surface area contributed by atoms with Gasteiger partial charge in [-0.3, -0.25) is 4.79 Å². The van der Waals surface area contributed by atoms with E-state index in [2.05, 4.69) is 21.2 Å². The molecule has 0 unspecified atom stereocenters. The number of benzene rings is 2. The first-order valence-corrected chi connectivity index (χ1v) is 11.0. The first-order chi connectivity index (χ1) is 14.2. The molecule has 0 radical (unpaired) electrons. The number of esters is 1. The van der Waals surface area contributed by atoms with E-state index in [0.717, 1.165) is 21.3 Å². The smallest absolute Gasteiger partial charge is 0.338 e. The molecule has 0 heterocycles. The fraction of sp³-hybridized carbons (Fsp3) is 0.391. The fourth-order valence-corrected chi connectivity index (χ4v) is 3.35. The molecule has 2 aromatic rings. The number of ether oxygens (including phenoxy) is 2. The molecule has 2 aromatic carbocycles. The number of hydrogen-bond acceptors (Lipinski definition) is 4. The van der Waals surface area contributed by atoms with Gasteiger partial charge in [-0.25, -0.2) is 4.79 Å². The normalized spacial score (nSPS) is 10.8. The predicted molar refractivity (Wildman–Crippen MR) is 124 cm³/mol. The summed E-state index contributed by atoms with van der Waals surface area (Å²) in [5, 5.41) is 3.54. The predicted octanol–water partition coefficient (Wildman–Crippen LogP) is 6.33. The minimum Gasteiger partial charge on any atom is -0.492 e. The van der Waals surface area contributed by atoms with Crippen LogP contribution in [0.3, 0.4) is 0 Å². The summed E-state index contributed by atoms with van der Waals surface area (Å²) in [6.45, 7) is 8.60. The lowest BCUT2D eigenvalue weighted by molar-refractivity contribution is -0.116. The fourth-order valence-electron chi connectivity index (χ4n) is 2.66. The van der Waals surface area contributed by atoms with Crippen LogP contribution in [0.4, 0.5) is 5.69 Å². The van der Waals surface area contributed by atoms with Gasteiger partial charge in [0, 0.05) is 17.1 Å². The molecule has 0 atom stereocenters. The van der Waals surface area contributed by atoms with E-state index < -0.39 is 0 Å². The molecule has 2 rings (SSSR count). The Balaban J connectivity index is 1.78. The highest BCUT2D eigenvalue weighted by Gasteiger charge is 2.12. The third-order valence-electron chi connectivity index (χ3n) is 4.33. The third-order valence-corrected chi connectivity index (χ3v) is 5.89. The molecular formula is C23H27BrClNO4. The van der Waals surface area contributed by atoms with Gasteiger partial charge in [0.15, 0.2) is 0 Å². The lowest BCUT2D eigenvalue weighted by atomic mass is 10.1. The van der Waals surface area contributed by atoms with Gasteiger partial charge in [-0.1, -0.05) is 25.4 Å². The van der Waals surface area contributed by atoms with Crippen molar-refractivity contribution in [3.05, 3.63) is 56.5 Å². The van der Waals surface area contributed by atoms with Crippen LogP contribution >= 0.6 is 27.5 Å². The second kappa shape index (κ2) is 11.4. The first-order valence-electron chi connectivity index (χ1n) is 9.84. The Hall–Kier alpha value is -2.05. The highest BCUT2D eigenvalue weighted by molar-refractivity contribution is 9.10. The van der Waals surface area contributed by atoms with Crippen LogP contribution < -0.4 is 10.1 Å². The maximum Gasteiger partial charge on any atom is 0.338 e. The molecule has 0 spiro atoms. The van der Waals surface area contributed by atoms with Gasteiger partial charge in [-0.15, -0.1) is 0 Å². The lowest BCUT2D eigenvalue weighted by Crippen LogP contribution is -2.13. The molecule has 0 saturated carbocycles. The lowest BCUT2D eigenvalue weighted by Gasteiger charge is -2.13. The van der Waals surface area contributed by atoms with Crippen LogP contribution in [0.5, 0.6) is 5.75 Å². The molecule has 0 aliphatic heterocycles. The maximum absolute atomic E-state index is 12.2.